The summed E-state index contributed by atoms with van der Waals surface area (Å²) in [5.41, 5.74) is 3.41. The smallest absolute Gasteiger partial charge is 0.229 e. The third-order valence-electron chi connectivity index (χ3n) is 6.16. The Balaban J connectivity index is 1.71. The normalized spacial score (nSPS) is 15.0. The number of methoxy groups -OCH3 is 2. The van der Waals surface area contributed by atoms with Crippen LogP contribution in [0.25, 0.3) is 0 Å². The first-order valence-corrected chi connectivity index (χ1v) is 11.4. The zero-order valence-corrected chi connectivity index (χ0v) is 20.3. The van der Waals surface area contributed by atoms with E-state index in [-0.39, 0.29) is 17.9 Å². The van der Waals surface area contributed by atoms with Gasteiger partial charge in [-0.05, 0) is 42.7 Å². The summed E-state index contributed by atoms with van der Waals surface area (Å²) in [6.07, 6.45) is 1.89. The molecule has 0 saturated carbocycles. The summed E-state index contributed by atoms with van der Waals surface area (Å²) in [6, 6.07) is 14.7. The number of nitrogens with zero attached hydrogens (tertiary/aromatic N) is 3. The number of carbonyl (C=O) groups is 1. The van der Waals surface area contributed by atoms with E-state index in [0.717, 1.165) is 38.2 Å². The van der Waals surface area contributed by atoms with Crippen LogP contribution in [0, 0.1) is 5.92 Å². The van der Waals surface area contributed by atoms with Crippen LogP contribution in [-0.4, -0.2) is 58.3 Å². The number of benzene rings is 2. The molecule has 174 valence electrons. The predicted molar refractivity (Wildman–Crippen MR) is 131 cm³/mol. The van der Waals surface area contributed by atoms with Crippen LogP contribution in [-0.2, 0) is 11.3 Å². The van der Waals surface area contributed by atoms with Gasteiger partial charge in [0, 0.05) is 63.1 Å². The minimum atomic E-state index is -0.0728. The van der Waals surface area contributed by atoms with Gasteiger partial charge in [-0.25, -0.2) is 0 Å². The monoisotopic (exact) mass is 439 g/mol. The summed E-state index contributed by atoms with van der Waals surface area (Å²) in [7, 11) is 7.36. The van der Waals surface area contributed by atoms with Gasteiger partial charge in [-0.3, -0.25) is 9.69 Å². The molecule has 1 fully saturated rings. The Kier molecular flexibility index (Phi) is 8.02. The summed E-state index contributed by atoms with van der Waals surface area (Å²) < 4.78 is 10.9. The van der Waals surface area contributed by atoms with Crippen LogP contribution in [0.1, 0.15) is 32.3 Å². The highest BCUT2D eigenvalue weighted by molar-refractivity contribution is 5.95. The number of anilines is 2. The van der Waals surface area contributed by atoms with E-state index in [1.54, 1.807) is 14.2 Å². The van der Waals surface area contributed by atoms with Gasteiger partial charge in [0.2, 0.25) is 5.91 Å². The van der Waals surface area contributed by atoms with Crippen molar-refractivity contribution < 1.29 is 14.3 Å². The summed E-state index contributed by atoms with van der Waals surface area (Å²) in [5.74, 6) is 1.39. The van der Waals surface area contributed by atoms with E-state index in [2.05, 4.69) is 48.2 Å². The first kappa shape index (κ1) is 23.9. The molecule has 2 aromatic carbocycles. The Morgan fingerprint density at radius 3 is 2.09 bits per heavy atom. The van der Waals surface area contributed by atoms with Crippen LogP contribution >= 0.6 is 0 Å². The third-order valence-corrected chi connectivity index (χ3v) is 6.16. The van der Waals surface area contributed by atoms with E-state index in [0.29, 0.717) is 11.5 Å². The molecule has 0 bridgehead atoms. The number of amides is 1. The van der Waals surface area contributed by atoms with Crippen molar-refractivity contribution in [3.05, 3.63) is 48.0 Å². The van der Waals surface area contributed by atoms with Gasteiger partial charge in [0.25, 0.3) is 0 Å². The second-order valence-corrected chi connectivity index (χ2v) is 8.97. The molecule has 0 atom stereocenters. The minimum absolute atomic E-state index is 0.0728. The van der Waals surface area contributed by atoms with Gasteiger partial charge in [0.05, 0.1) is 14.2 Å². The average molecular weight is 440 g/mol. The predicted octanol–water partition coefficient (Wildman–Crippen LogP) is 4.42. The summed E-state index contributed by atoms with van der Waals surface area (Å²) in [4.78, 5) is 19.8. The topological polar surface area (TPSA) is 45.2 Å². The number of piperidine rings is 1. The van der Waals surface area contributed by atoms with Gasteiger partial charge in [0.15, 0.2) is 11.5 Å². The van der Waals surface area contributed by atoms with Crippen molar-refractivity contribution in [1.29, 1.82) is 0 Å². The van der Waals surface area contributed by atoms with Crippen LogP contribution in [0.2, 0.25) is 0 Å². The minimum Gasteiger partial charge on any atom is -0.493 e. The van der Waals surface area contributed by atoms with E-state index >= 15 is 0 Å². The number of hydrogen-bond donors (Lipinski definition) is 0. The van der Waals surface area contributed by atoms with E-state index in [1.807, 2.05) is 36.9 Å². The summed E-state index contributed by atoms with van der Waals surface area (Å²) in [5, 5.41) is 0. The third kappa shape index (κ3) is 5.54. The van der Waals surface area contributed by atoms with Gasteiger partial charge in [-0.1, -0.05) is 26.0 Å². The highest BCUT2D eigenvalue weighted by Crippen LogP contribution is 2.34. The molecule has 1 amide bonds. The highest BCUT2D eigenvalue weighted by Gasteiger charge is 2.31. The molecular formula is C26H37N3O3. The first-order chi connectivity index (χ1) is 15.3. The SMILES string of the molecule is COc1ccc(N(C(=O)C(C)C)C2CCN(Cc3ccc(N(C)C)cc3)CC2)cc1OC. The second-order valence-electron chi connectivity index (χ2n) is 8.97. The lowest BCUT2D eigenvalue weighted by atomic mass is 9.99. The molecule has 0 aliphatic carbocycles. The van der Waals surface area contributed by atoms with Crippen molar-refractivity contribution in [2.75, 3.05) is 51.2 Å². The highest BCUT2D eigenvalue weighted by atomic mass is 16.5. The zero-order valence-electron chi connectivity index (χ0n) is 20.3. The van der Waals surface area contributed by atoms with Crippen LogP contribution < -0.4 is 19.3 Å². The molecule has 1 heterocycles. The van der Waals surface area contributed by atoms with Crippen molar-refractivity contribution in [3.8, 4) is 11.5 Å². The first-order valence-electron chi connectivity index (χ1n) is 11.4. The van der Waals surface area contributed by atoms with E-state index in [4.69, 9.17) is 9.47 Å². The largest absolute Gasteiger partial charge is 0.493 e. The van der Waals surface area contributed by atoms with Crippen LogP contribution in [0.4, 0.5) is 11.4 Å². The van der Waals surface area contributed by atoms with Crippen LogP contribution in [0.3, 0.4) is 0 Å². The maximum Gasteiger partial charge on any atom is 0.229 e. The van der Waals surface area contributed by atoms with Crippen LogP contribution in [0.5, 0.6) is 11.5 Å². The molecule has 32 heavy (non-hydrogen) atoms. The maximum atomic E-state index is 13.2. The number of rotatable bonds is 8. The maximum absolute atomic E-state index is 13.2. The molecule has 0 aromatic heterocycles. The molecule has 0 spiro atoms. The Bertz CT molecular complexity index is 888. The molecule has 0 unspecified atom stereocenters. The number of ether oxygens (including phenoxy) is 2. The Morgan fingerprint density at radius 1 is 0.969 bits per heavy atom. The molecule has 2 aromatic rings. The standard InChI is InChI=1S/C26H37N3O3/c1-19(2)26(30)29(23-11-12-24(31-5)25(17-23)32-6)22-13-15-28(16-14-22)18-20-7-9-21(10-8-20)27(3)4/h7-12,17,19,22H,13-16,18H2,1-6H3. The molecule has 1 aliphatic heterocycles. The average Bonchev–Trinajstić information content (AvgIpc) is 2.80. The lowest BCUT2D eigenvalue weighted by molar-refractivity contribution is -0.122. The van der Waals surface area contributed by atoms with Gasteiger partial charge < -0.3 is 19.3 Å². The van der Waals surface area contributed by atoms with Gasteiger partial charge in [-0.15, -0.1) is 0 Å². The van der Waals surface area contributed by atoms with Crippen molar-refractivity contribution in [1.82, 2.24) is 4.90 Å². The molecule has 0 radical (unpaired) electrons. The number of likely N-dealkylation sites (tertiary alicyclic amines) is 1. The van der Waals surface area contributed by atoms with E-state index in [9.17, 15) is 4.79 Å². The summed E-state index contributed by atoms with van der Waals surface area (Å²) >= 11 is 0. The Labute approximate surface area is 192 Å². The second kappa shape index (κ2) is 10.7. The Hall–Kier alpha value is -2.73. The van der Waals surface area contributed by atoms with Crippen molar-refractivity contribution in [2.24, 2.45) is 5.92 Å². The van der Waals surface area contributed by atoms with Crippen molar-refractivity contribution in [3.63, 3.8) is 0 Å². The van der Waals surface area contributed by atoms with E-state index < -0.39 is 0 Å². The fraction of sp³-hybridized carbons (Fsp3) is 0.500. The van der Waals surface area contributed by atoms with Crippen LogP contribution in [0.15, 0.2) is 42.5 Å². The quantitative estimate of drug-likeness (QED) is 0.609. The van der Waals surface area contributed by atoms with Crippen molar-refractivity contribution >= 4 is 17.3 Å². The van der Waals surface area contributed by atoms with Gasteiger partial charge in [-0.2, -0.15) is 0 Å². The summed E-state index contributed by atoms with van der Waals surface area (Å²) in [6.45, 7) is 6.80. The Morgan fingerprint density at radius 2 is 1.56 bits per heavy atom. The van der Waals surface area contributed by atoms with Crippen molar-refractivity contribution in [2.45, 2.75) is 39.3 Å². The zero-order chi connectivity index (χ0) is 23.3. The number of hydrogen-bond acceptors (Lipinski definition) is 5. The van der Waals surface area contributed by atoms with E-state index in [1.165, 1.54) is 11.3 Å². The lowest BCUT2D eigenvalue weighted by Crippen LogP contribution is -2.48. The number of carbonyl (C=O) groups excluding carboxylic acids is 1. The van der Waals surface area contributed by atoms with Gasteiger partial charge >= 0.3 is 0 Å². The fourth-order valence-electron chi connectivity index (χ4n) is 4.26. The lowest BCUT2D eigenvalue weighted by Gasteiger charge is -2.39. The molecule has 6 heteroatoms. The molecule has 6 nitrogen and oxygen atoms in total. The molecule has 0 N–H and O–H groups in total. The molecular weight excluding hydrogens is 402 g/mol. The fourth-order valence-corrected chi connectivity index (χ4v) is 4.26. The molecule has 1 aliphatic rings. The molecule has 3 rings (SSSR count). The molecule has 1 saturated heterocycles. The van der Waals surface area contributed by atoms with Gasteiger partial charge in [0.1, 0.15) is 0 Å².